The van der Waals surface area contributed by atoms with Gasteiger partial charge in [0, 0.05) is 17.4 Å². The summed E-state index contributed by atoms with van der Waals surface area (Å²) < 4.78 is 7.14. The van der Waals surface area contributed by atoms with Crippen molar-refractivity contribution < 1.29 is 14.9 Å². The number of imidazole rings is 1. The monoisotopic (exact) mass is 396 g/mol. The fraction of sp³-hybridized carbons (Fsp3) is 0.250. The van der Waals surface area contributed by atoms with Crippen molar-refractivity contribution in [2.24, 2.45) is 0 Å². The SMILES string of the molecule is COc1nc(C)c(-c2cccc(-n3cnc4cc(C(C)(O)CO)cnc43)c2)s1. The molecule has 0 amide bonds. The Morgan fingerprint density at radius 3 is 2.79 bits per heavy atom. The van der Waals surface area contributed by atoms with Gasteiger partial charge in [-0.3, -0.25) is 4.57 Å². The molecule has 0 aliphatic rings. The summed E-state index contributed by atoms with van der Waals surface area (Å²) in [5, 5.41) is 20.3. The van der Waals surface area contributed by atoms with E-state index in [2.05, 4.69) is 21.0 Å². The lowest BCUT2D eigenvalue weighted by atomic mass is 9.99. The van der Waals surface area contributed by atoms with Gasteiger partial charge in [0.15, 0.2) is 5.65 Å². The highest BCUT2D eigenvalue weighted by Crippen LogP contribution is 2.35. The van der Waals surface area contributed by atoms with Gasteiger partial charge in [0.2, 0.25) is 0 Å². The van der Waals surface area contributed by atoms with E-state index in [-0.39, 0.29) is 6.61 Å². The molecule has 1 unspecified atom stereocenters. The Labute approximate surface area is 165 Å². The Bertz CT molecular complexity index is 1150. The van der Waals surface area contributed by atoms with E-state index < -0.39 is 5.60 Å². The van der Waals surface area contributed by atoms with Gasteiger partial charge in [0.25, 0.3) is 5.19 Å². The fourth-order valence-corrected chi connectivity index (χ4v) is 3.88. The Hall–Kier alpha value is -2.81. The van der Waals surface area contributed by atoms with Gasteiger partial charge in [-0.05, 0) is 37.6 Å². The van der Waals surface area contributed by atoms with E-state index in [4.69, 9.17) is 4.74 Å². The van der Waals surface area contributed by atoms with Crippen LogP contribution in [-0.4, -0.2) is 43.4 Å². The van der Waals surface area contributed by atoms with E-state index in [1.54, 1.807) is 32.6 Å². The Balaban J connectivity index is 1.77. The third-order valence-electron chi connectivity index (χ3n) is 4.66. The van der Waals surface area contributed by atoms with Gasteiger partial charge in [0.05, 0.1) is 24.3 Å². The van der Waals surface area contributed by atoms with Crippen LogP contribution in [-0.2, 0) is 5.60 Å². The van der Waals surface area contributed by atoms with Crippen LogP contribution in [0.5, 0.6) is 5.19 Å². The molecule has 4 rings (SSSR count). The number of aliphatic hydroxyl groups excluding tert-OH is 1. The van der Waals surface area contributed by atoms with Gasteiger partial charge in [-0.25, -0.2) is 15.0 Å². The molecule has 0 spiro atoms. The number of aryl methyl sites for hydroxylation is 1. The first-order chi connectivity index (χ1) is 13.4. The van der Waals surface area contributed by atoms with E-state index >= 15 is 0 Å². The smallest absolute Gasteiger partial charge is 0.273 e. The van der Waals surface area contributed by atoms with Crippen molar-refractivity contribution in [2.45, 2.75) is 19.4 Å². The van der Waals surface area contributed by atoms with Crippen molar-refractivity contribution in [3.05, 3.63) is 54.1 Å². The molecule has 0 aliphatic heterocycles. The minimum Gasteiger partial charge on any atom is -0.473 e. The number of hydrogen-bond donors (Lipinski definition) is 2. The van der Waals surface area contributed by atoms with Crippen molar-refractivity contribution >= 4 is 22.5 Å². The van der Waals surface area contributed by atoms with Crippen LogP contribution in [0.1, 0.15) is 18.2 Å². The second-order valence-corrected chi connectivity index (χ2v) is 7.72. The van der Waals surface area contributed by atoms with Crippen LogP contribution in [0.4, 0.5) is 0 Å². The highest BCUT2D eigenvalue weighted by atomic mass is 32.1. The standard InChI is InChI=1S/C20H20N4O3S/c1-12-17(28-19(23-12)27-3)13-5-4-6-15(7-13)24-11-22-16-8-14(9-21-18(16)24)20(2,26)10-25/h4-9,11,25-26H,10H2,1-3H3. The number of benzene rings is 1. The lowest BCUT2D eigenvalue weighted by Crippen LogP contribution is -2.25. The number of aliphatic hydroxyl groups is 2. The first kappa shape index (κ1) is 18.5. The van der Waals surface area contributed by atoms with Crippen molar-refractivity contribution in [2.75, 3.05) is 13.7 Å². The van der Waals surface area contributed by atoms with Crippen molar-refractivity contribution in [3.63, 3.8) is 0 Å². The van der Waals surface area contributed by atoms with Gasteiger partial charge in [-0.1, -0.05) is 23.5 Å². The zero-order chi connectivity index (χ0) is 19.9. The maximum atomic E-state index is 10.2. The van der Waals surface area contributed by atoms with Crippen LogP contribution in [0.2, 0.25) is 0 Å². The number of methoxy groups -OCH3 is 1. The summed E-state index contributed by atoms with van der Waals surface area (Å²) in [6.07, 6.45) is 3.27. The van der Waals surface area contributed by atoms with E-state index in [9.17, 15) is 10.2 Å². The molecule has 0 fully saturated rings. The number of fused-ring (bicyclic) bond motifs is 1. The van der Waals surface area contributed by atoms with Crippen LogP contribution in [0.25, 0.3) is 27.3 Å². The Morgan fingerprint density at radius 1 is 1.25 bits per heavy atom. The molecule has 4 aromatic rings. The molecule has 0 bridgehead atoms. The first-order valence-electron chi connectivity index (χ1n) is 8.72. The van der Waals surface area contributed by atoms with Crippen molar-refractivity contribution in [1.82, 2.24) is 19.5 Å². The van der Waals surface area contributed by atoms with Gasteiger partial charge in [-0.2, -0.15) is 0 Å². The van der Waals surface area contributed by atoms with Crippen LogP contribution >= 0.6 is 11.3 Å². The second kappa shape index (κ2) is 6.97. The van der Waals surface area contributed by atoms with Crippen molar-refractivity contribution in [3.8, 4) is 21.3 Å². The zero-order valence-electron chi connectivity index (χ0n) is 15.7. The third-order valence-corrected chi connectivity index (χ3v) is 5.82. The number of rotatable bonds is 5. The van der Waals surface area contributed by atoms with Gasteiger partial charge >= 0.3 is 0 Å². The maximum absolute atomic E-state index is 10.2. The summed E-state index contributed by atoms with van der Waals surface area (Å²) in [6, 6.07) is 9.80. The number of hydrogen-bond acceptors (Lipinski definition) is 7. The molecular formula is C20H20N4O3S. The van der Waals surface area contributed by atoms with Gasteiger partial charge in [0.1, 0.15) is 17.4 Å². The van der Waals surface area contributed by atoms with Crippen LogP contribution in [0.15, 0.2) is 42.9 Å². The minimum absolute atomic E-state index is 0.388. The van der Waals surface area contributed by atoms with E-state index in [1.165, 1.54) is 11.3 Å². The summed E-state index contributed by atoms with van der Waals surface area (Å²) in [7, 11) is 1.62. The summed E-state index contributed by atoms with van der Waals surface area (Å²) in [5.41, 5.74) is 3.37. The van der Waals surface area contributed by atoms with Crippen LogP contribution in [0, 0.1) is 6.92 Å². The largest absolute Gasteiger partial charge is 0.473 e. The summed E-state index contributed by atoms with van der Waals surface area (Å²) in [4.78, 5) is 14.3. The van der Waals surface area contributed by atoms with Gasteiger partial charge in [-0.15, -0.1) is 0 Å². The number of pyridine rings is 1. The first-order valence-corrected chi connectivity index (χ1v) is 9.53. The quantitative estimate of drug-likeness (QED) is 0.539. The molecule has 3 aromatic heterocycles. The topological polar surface area (TPSA) is 93.3 Å². The van der Waals surface area contributed by atoms with E-state index in [0.717, 1.165) is 21.8 Å². The second-order valence-electron chi connectivity index (χ2n) is 6.76. The average molecular weight is 396 g/mol. The molecule has 1 aromatic carbocycles. The van der Waals surface area contributed by atoms with Gasteiger partial charge < -0.3 is 14.9 Å². The minimum atomic E-state index is -1.35. The molecule has 0 aliphatic carbocycles. The molecular weight excluding hydrogens is 376 g/mol. The summed E-state index contributed by atoms with van der Waals surface area (Å²) >= 11 is 1.50. The lowest BCUT2D eigenvalue weighted by molar-refractivity contribution is -0.00243. The molecule has 2 N–H and O–H groups in total. The molecule has 1 atom stereocenters. The zero-order valence-corrected chi connectivity index (χ0v) is 16.6. The predicted octanol–water partition coefficient (Wildman–Crippen LogP) is 3.06. The number of aromatic nitrogens is 4. The fourth-order valence-electron chi connectivity index (χ4n) is 3.00. The molecule has 0 saturated heterocycles. The molecule has 8 heteroatoms. The lowest BCUT2D eigenvalue weighted by Gasteiger charge is -2.20. The van der Waals surface area contributed by atoms with Crippen molar-refractivity contribution in [1.29, 1.82) is 0 Å². The molecule has 0 radical (unpaired) electrons. The Morgan fingerprint density at radius 2 is 2.07 bits per heavy atom. The normalized spacial score (nSPS) is 13.6. The Kier molecular flexibility index (Phi) is 4.62. The third kappa shape index (κ3) is 3.15. The number of thiazole rings is 1. The maximum Gasteiger partial charge on any atom is 0.273 e. The highest BCUT2D eigenvalue weighted by molar-refractivity contribution is 7.17. The summed E-state index contributed by atoms with van der Waals surface area (Å²) in [5.74, 6) is 0. The molecule has 0 saturated carbocycles. The predicted molar refractivity (Wildman–Crippen MR) is 108 cm³/mol. The van der Waals surface area contributed by atoms with E-state index in [1.807, 2.05) is 29.7 Å². The average Bonchev–Trinajstić information content (AvgIpc) is 3.30. The molecule has 7 nitrogen and oxygen atoms in total. The molecule has 28 heavy (non-hydrogen) atoms. The van der Waals surface area contributed by atoms with Crippen LogP contribution < -0.4 is 4.74 Å². The number of nitrogens with zero attached hydrogens (tertiary/aromatic N) is 4. The molecule has 3 heterocycles. The van der Waals surface area contributed by atoms with E-state index in [0.29, 0.717) is 21.9 Å². The molecule has 144 valence electrons. The number of ether oxygens (including phenoxy) is 1. The highest BCUT2D eigenvalue weighted by Gasteiger charge is 2.23. The van der Waals surface area contributed by atoms with Crippen LogP contribution in [0.3, 0.4) is 0 Å². The summed E-state index contributed by atoms with van der Waals surface area (Å²) in [6.45, 7) is 3.12.